The van der Waals surface area contributed by atoms with Crippen LogP contribution in [0.5, 0.6) is 0 Å². The number of rotatable bonds is 8. The fourth-order valence-corrected chi connectivity index (χ4v) is 3.20. The smallest absolute Gasteiger partial charge is 0.0337 e. The Morgan fingerprint density at radius 2 is 1.27 bits per heavy atom. The van der Waals surface area contributed by atoms with Crippen LogP contribution < -0.4 is 5.73 Å². The molecule has 0 saturated heterocycles. The number of nitrogens with two attached hydrogens (primary N) is 1. The molecule has 2 nitrogen and oxygen atoms in total. The minimum absolute atomic E-state index is 0.106. The number of hydrogen-bond donors (Lipinski definition) is 1. The maximum absolute atomic E-state index is 6.32. The third-order valence-corrected chi connectivity index (χ3v) is 4.75. The molecule has 2 aromatic rings. The van der Waals surface area contributed by atoms with Crippen molar-refractivity contribution in [1.82, 2.24) is 4.90 Å². The third-order valence-electron chi connectivity index (χ3n) is 4.75. The average Bonchev–Trinajstić information content (AvgIpc) is 2.61. The number of hydrogen-bond acceptors (Lipinski definition) is 2. The predicted molar refractivity (Wildman–Crippen MR) is 95.1 cm³/mol. The lowest BCUT2D eigenvalue weighted by atomic mass is 9.72. The summed E-state index contributed by atoms with van der Waals surface area (Å²) in [6.45, 7) is 8.30. The second-order valence-corrected chi connectivity index (χ2v) is 5.80. The van der Waals surface area contributed by atoms with Crippen LogP contribution in [0.3, 0.4) is 0 Å². The Labute approximate surface area is 135 Å². The van der Waals surface area contributed by atoms with E-state index < -0.39 is 0 Å². The lowest BCUT2D eigenvalue weighted by molar-refractivity contribution is 0.273. The SMILES string of the molecule is CCN(CC)CCC(CN)(c1ccccc1)c1ccccc1. The molecule has 22 heavy (non-hydrogen) atoms. The molecule has 0 aliphatic heterocycles. The topological polar surface area (TPSA) is 29.3 Å². The summed E-state index contributed by atoms with van der Waals surface area (Å²) in [7, 11) is 0. The minimum Gasteiger partial charge on any atom is -0.329 e. The first-order chi connectivity index (χ1) is 10.8. The Balaban J connectivity index is 2.39. The summed E-state index contributed by atoms with van der Waals surface area (Å²) in [4.78, 5) is 2.47. The van der Waals surface area contributed by atoms with Crippen LogP contribution in [0.25, 0.3) is 0 Å². The van der Waals surface area contributed by atoms with E-state index in [2.05, 4.69) is 79.4 Å². The Hall–Kier alpha value is -1.64. The maximum atomic E-state index is 6.32. The molecule has 0 fully saturated rings. The van der Waals surface area contributed by atoms with E-state index in [4.69, 9.17) is 5.73 Å². The van der Waals surface area contributed by atoms with E-state index in [1.165, 1.54) is 11.1 Å². The van der Waals surface area contributed by atoms with Gasteiger partial charge in [0.2, 0.25) is 0 Å². The monoisotopic (exact) mass is 296 g/mol. The first-order valence-corrected chi connectivity index (χ1v) is 8.30. The summed E-state index contributed by atoms with van der Waals surface area (Å²) >= 11 is 0. The van der Waals surface area contributed by atoms with E-state index in [1.54, 1.807) is 0 Å². The van der Waals surface area contributed by atoms with Crippen molar-refractivity contribution < 1.29 is 0 Å². The minimum atomic E-state index is -0.106. The van der Waals surface area contributed by atoms with Gasteiger partial charge in [0.15, 0.2) is 0 Å². The molecule has 0 heterocycles. The zero-order chi connectivity index (χ0) is 15.8. The molecule has 0 amide bonds. The standard InChI is InChI=1S/C20H28N2/c1-3-22(4-2)16-15-20(17-21,18-11-7-5-8-12-18)19-13-9-6-10-14-19/h5-14H,3-4,15-17,21H2,1-2H3. The van der Waals surface area contributed by atoms with Gasteiger partial charge >= 0.3 is 0 Å². The first-order valence-electron chi connectivity index (χ1n) is 8.30. The van der Waals surface area contributed by atoms with Crippen LogP contribution in [0, 0.1) is 0 Å². The highest BCUT2D eigenvalue weighted by molar-refractivity contribution is 5.40. The van der Waals surface area contributed by atoms with Gasteiger partial charge in [-0.25, -0.2) is 0 Å². The number of nitrogens with zero attached hydrogens (tertiary/aromatic N) is 1. The molecule has 0 bridgehead atoms. The molecule has 0 atom stereocenters. The van der Waals surface area contributed by atoms with Crippen LogP contribution in [-0.2, 0) is 5.41 Å². The summed E-state index contributed by atoms with van der Waals surface area (Å²) in [6.07, 6.45) is 1.04. The van der Waals surface area contributed by atoms with Crippen molar-refractivity contribution in [1.29, 1.82) is 0 Å². The highest BCUT2D eigenvalue weighted by atomic mass is 15.1. The molecule has 2 rings (SSSR count). The van der Waals surface area contributed by atoms with Crippen molar-refractivity contribution in [3.8, 4) is 0 Å². The molecule has 0 saturated carbocycles. The fraction of sp³-hybridized carbons (Fsp3) is 0.400. The van der Waals surface area contributed by atoms with Gasteiger partial charge in [0.05, 0.1) is 0 Å². The summed E-state index contributed by atoms with van der Waals surface area (Å²) < 4.78 is 0. The van der Waals surface area contributed by atoms with E-state index >= 15 is 0 Å². The molecular weight excluding hydrogens is 268 g/mol. The second-order valence-electron chi connectivity index (χ2n) is 5.80. The zero-order valence-electron chi connectivity index (χ0n) is 13.8. The lowest BCUT2D eigenvalue weighted by Crippen LogP contribution is -2.40. The summed E-state index contributed by atoms with van der Waals surface area (Å²) in [5, 5.41) is 0. The van der Waals surface area contributed by atoms with Gasteiger partial charge in [-0.1, -0.05) is 74.5 Å². The molecule has 0 spiro atoms. The van der Waals surface area contributed by atoms with Crippen LogP contribution >= 0.6 is 0 Å². The molecule has 2 heteroatoms. The first kappa shape index (κ1) is 16.7. The van der Waals surface area contributed by atoms with Crippen molar-refractivity contribution in [2.24, 2.45) is 5.73 Å². The Kier molecular flexibility index (Phi) is 6.17. The van der Waals surface area contributed by atoms with E-state index in [1.807, 2.05) is 0 Å². The Morgan fingerprint density at radius 1 is 0.818 bits per heavy atom. The average molecular weight is 296 g/mol. The van der Waals surface area contributed by atoms with Crippen LogP contribution in [0.4, 0.5) is 0 Å². The Morgan fingerprint density at radius 3 is 1.64 bits per heavy atom. The van der Waals surface area contributed by atoms with Gasteiger partial charge in [-0.05, 0) is 37.2 Å². The molecule has 118 valence electrons. The van der Waals surface area contributed by atoms with Crippen molar-refractivity contribution in [2.75, 3.05) is 26.2 Å². The molecule has 0 aromatic heterocycles. The lowest BCUT2D eigenvalue weighted by Gasteiger charge is -2.36. The molecular formula is C20H28N2. The zero-order valence-corrected chi connectivity index (χ0v) is 13.8. The fourth-order valence-electron chi connectivity index (χ4n) is 3.20. The van der Waals surface area contributed by atoms with Crippen molar-refractivity contribution in [2.45, 2.75) is 25.7 Å². The van der Waals surface area contributed by atoms with Gasteiger partial charge < -0.3 is 10.6 Å². The van der Waals surface area contributed by atoms with Crippen LogP contribution in [0.1, 0.15) is 31.4 Å². The van der Waals surface area contributed by atoms with Gasteiger partial charge in [-0.15, -0.1) is 0 Å². The quantitative estimate of drug-likeness (QED) is 0.805. The summed E-state index contributed by atoms with van der Waals surface area (Å²) in [5.41, 5.74) is 8.85. The van der Waals surface area contributed by atoms with E-state index in [-0.39, 0.29) is 5.41 Å². The van der Waals surface area contributed by atoms with Crippen LogP contribution in [0.2, 0.25) is 0 Å². The predicted octanol–water partition coefficient (Wildman–Crippen LogP) is 3.66. The molecule has 0 unspecified atom stereocenters. The normalized spacial score (nSPS) is 11.8. The van der Waals surface area contributed by atoms with Gasteiger partial charge in [0.1, 0.15) is 0 Å². The third kappa shape index (κ3) is 3.57. The van der Waals surface area contributed by atoms with E-state index in [9.17, 15) is 0 Å². The van der Waals surface area contributed by atoms with Gasteiger partial charge in [-0.3, -0.25) is 0 Å². The maximum Gasteiger partial charge on any atom is 0.0337 e. The van der Waals surface area contributed by atoms with Gasteiger partial charge in [-0.2, -0.15) is 0 Å². The highest BCUT2D eigenvalue weighted by Gasteiger charge is 2.32. The van der Waals surface area contributed by atoms with E-state index in [0.717, 1.165) is 26.1 Å². The second kappa shape index (κ2) is 8.11. The molecule has 0 aliphatic carbocycles. The summed E-state index contributed by atoms with van der Waals surface area (Å²) in [5.74, 6) is 0. The van der Waals surface area contributed by atoms with Crippen molar-refractivity contribution in [3.63, 3.8) is 0 Å². The van der Waals surface area contributed by atoms with Gasteiger partial charge in [0, 0.05) is 12.0 Å². The largest absolute Gasteiger partial charge is 0.329 e. The molecule has 2 N–H and O–H groups in total. The van der Waals surface area contributed by atoms with Crippen LogP contribution in [0.15, 0.2) is 60.7 Å². The highest BCUT2D eigenvalue weighted by Crippen LogP contribution is 2.35. The van der Waals surface area contributed by atoms with Crippen molar-refractivity contribution >= 4 is 0 Å². The van der Waals surface area contributed by atoms with E-state index in [0.29, 0.717) is 6.54 Å². The Bertz CT molecular complexity index is 493. The molecule has 0 aliphatic rings. The van der Waals surface area contributed by atoms with Gasteiger partial charge in [0.25, 0.3) is 0 Å². The number of benzene rings is 2. The summed E-state index contributed by atoms with van der Waals surface area (Å²) in [6, 6.07) is 21.4. The molecule has 2 aromatic carbocycles. The van der Waals surface area contributed by atoms with Crippen molar-refractivity contribution in [3.05, 3.63) is 71.8 Å². The van der Waals surface area contributed by atoms with Crippen LogP contribution in [-0.4, -0.2) is 31.1 Å². The molecule has 0 radical (unpaired) electrons.